The van der Waals surface area contributed by atoms with E-state index in [1.807, 2.05) is 36.4 Å². The van der Waals surface area contributed by atoms with E-state index in [2.05, 4.69) is 15.6 Å². The van der Waals surface area contributed by atoms with Gasteiger partial charge in [-0.15, -0.1) is 0 Å². The van der Waals surface area contributed by atoms with Crippen LogP contribution in [-0.2, 0) is 11.2 Å². The number of rotatable bonds is 11. The van der Waals surface area contributed by atoms with Gasteiger partial charge in [-0.2, -0.15) is 0 Å². The molecule has 1 amide bonds. The van der Waals surface area contributed by atoms with Gasteiger partial charge >= 0.3 is 0 Å². The first-order valence-corrected chi connectivity index (χ1v) is 12.4. The monoisotopic (exact) mass is 523 g/mol. The Bertz CT molecular complexity index is 1350. The number of H-pyrrole nitrogens is 1. The molecule has 1 atom stereocenters. The molecule has 0 aliphatic heterocycles. The van der Waals surface area contributed by atoms with Crippen molar-refractivity contribution in [3.8, 4) is 0 Å². The van der Waals surface area contributed by atoms with E-state index in [0.29, 0.717) is 47.3 Å². The van der Waals surface area contributed by atoms with Crippen LogP contribution in [0.15, 0.2) is 72.9 Å². The molecule has 0 saturated carbocycles. The van der Waals surface area contributed by atoms with Gasteiger partial charge in [0.15, 0.2) is 5.78 Å². The SMILES string of the molecule is COCCNC(=O)c1ccc2c(C(=O)C(NCCc3ccc(Cl)cc3Cl)c3ccccc3)c[nH]c2c1. The molecule has 0 radical (unpaired) electrons. The molecule has 3 N–H and O–H groups in total. The lowest BCUT2D eigenvalue weighted by atomic mass is 9.96. The highest BCUT2D eigenvalue weighted by molar-refractivity contribution is 6.35. The first-order valence-electron chi connectivity index (χ1n) is 11.6. The average Bonchev–Trinajstić information content (AvgIpc) is 3.31. The van der Waals surface area contributed by atoms with Crippen LogP contribution in [0.2, 0.25) is 10.0 Å². The van der Waals surface area contributed by atoms with Crippen molar-refractivity contribution in [2.45, 2.75) is 12.5 Å². The number of Topliss-reactive ketones (excluding diaryl/α,β-unsaturated/α-hetero) is 1. The Labute approximate surface area is 219 Å². The molecule has 0 aliphatic carbocycles. The summed E-state index contributed by atoms with van der Waals surface area (Å²) in [5.41, 5.74) is 3.61. The number of nitrogens with one attached hydrogen (secondary N) is 3. The molecule has 0 bridgehead atoms. The summed E-state index contributed by atoms with van der Waals surface area (Å²) in [4.78, 5) is 29.3. The second-order valence-corrected chi connectivity index (χ2v) is 9.20. The molecule has 186 valence electrons. The van der Waals surface area contributed by atoms with Gasteiger partial charge in [-0.05, 0) is 41.8 Å². The first kappa shape index (κ1) is 25.9. The number of ketones is 1. The van der Waals surface area contributed by atoms with E-state index < -0.39 is 6.04 Å². The lowest BCUT2D eigenvalue weighted by Gasteiger charge is -2.18. The number of methoxy groups -OCH3 is 1. The lowest BCUT2D eigenvalue weighted by Crippen LogP contribution is -2.30. The van der Waals surface area contributed by atoms with E-state index in [1.165, 1.54) is 0 Å². The quantitative estimate of drug-likeness (QED) is 0.176. The second kappa shape index (κ2) is 12.2. The van der Waals surface area contributed by atoms with Gasteiger partial charge in [0, 0.05) is 58.5 Å². The Morgan fingerprint density at radius 1 is 1.00 bits per heavy atom. The average molecular weight is 524 g/mol. The van der Waals surface area contributed by atoms with Crippen molar-refractivity contribution in [3.63, 3.8) is 0 Å². The highest BCUT2D eigenvalue weighted by Gasteiger charge is 2.24. The largest absolute Gasteiger partial charge is 0.383 e. The summed E-state index contributed by atoms with van der Waals surface area (Å²) in [5.74, 6) is -0.256. The molecule has 3 aromatic carbocycles. The Hall–Kier alpha value is -3.16. The van der Waals surface area contributed by atoms with Gasteiger partial charge in [0.2, 0.25) is 0 Å². The Morgan fingerprint density at radius 3 is 2.56 bits per heavy atom. The predicted molar refractivity (Wildman–Crippen MR) is 144 cm³/mol. The third-order valence-corrected chi connectivity index (χ3v) is 6.54. The van der Waals surface area contributed by atoms with E-state index in [-0.39, 0.29) is 11.7 Å². The van der Waals surface area contributed by atoms with Gasteiger partial charge in [0.1, 0.15) is 0 Å². The zero-order valence-corrected chi connectivity index (χ0v) is 21.3. The summed E-state index contributed by atoms with van der Waals surface area (Å²) in [6, 6.07) is 19.8. The van der Waals surface area contributed by atoms with Crippen LogP contribution in [0.1, 0.15) is 37.9 Å². The lowest BCUT2D eigenvalue weighted by molar-refractivity contribution is 0.0933. The highest BCUT2D eigenvalue weighted by Crippen LogP contribution is 2.26. The maximum atomic E-state index is 13.7. The van der Waals surface area contributed by atoms with Crippen LogP contribution in [0.25, 0.3) is 10.9 Å². The van der Waals surface area contributed by atoms with Crippen molar-refractivity contribution < 1.29 is 14.3 Å². The fourth-order valence-corrected chi connectivity index (χ4v) is 4.58. The maximum absolute atomic E-state index is 13.7. The van der Waals surface area contributed by atoms with Crippen molar-refractivity contribution in [2.75, 3.05) is 26.8 Å². The van der Waals surface area contributed by atoms with Gasteiger partial charge in [-0.25, -0.2) is 0 Å². The molecule has 36 heavy (non-hydrogen) atoms. The third kappa shape index (κ3) is 6.15. The topological polar surface area (TPSA) is 83.2 Å². The molecule has 0 fully saturated rings. The number of halogens is 2. The van der Waals surface area contributed by atoms with Gasteiger partial charge in [0.05, 0.1) is 12.6 Å². The Kier molecular flexibility index (Phi) is 8.78. The number of carbonyl (C=O) groups excluding carboxylic acids is 2. The maximum Gasteiger partial charge on any atom is 0.251 e. The predicted octanol–water partition coefficient (Wildman–Crippen LogP) is 5.61. The van der Waals surface area contributed by atoms with E-state index in [9.17, 15) is 9.59 Å². The van der Waals surface area contributed by atoms with Gasteiger partial charge < -0.3 is 20.4 Å². The Morgan fingerprint density at radius 2 is 1.81 bits per heavy atom. The van der Waals surface area contributed by atoms with Crippen molar-refractivity contribution in [1.29, 1.82) is 0 Å². The number of carbonyl (C=O) groups is 2. The first-order chi connectivity index (χ1) is 17.5. The summed E-state index contributed by atoms with van der Waals surface area (Å²) < 4.78 is 4.97. The summed E-state index contributed by atoms with van der Waals surface area (Å²) in [7, 11) is 1.58. The van der Waals surface area contributed by atoms with E-state index in [0.717, 1.165) is 22.0 Å². The molecule has 0 saturated heterocycles. The number of amides is 1. The Balaban J connectivity index is 1.54. The molecular formula is C28H27Cl2N3O3. The second-order valence-electron chi connectivity index (χ2n) is 8.36. The molecule has 0 spiro atoms. The van der Waals surface area contributed by atoms with Crippen molar-refractivity contribution in [1.82, 2.24) is 15.6 Å². The third-order valence-electron chi connectivity index (χ3n) is 5.95. The number of aromatic amines is 1. The number of hydrogen-bond acceptors (Lipinski definition) is 4. The van der Waals surface area contributed by atoms with E-state index in [1.54, 1.807) is 43.6 Å². The molecule has 0 aliphatic rings. The number of ether oxygens (including phenoxy) is 1. The number of hydrogen-bond donors (Lipinski definition) is 3. The van der Waals surface area contributed by atoms with Crippen molar-refractivity contribution in [3.05, 3.63) is 105 Å². The van der Waals surface area contributed by atoms with Gasteiger partial charge in [0.25, 0.3) is 5.91 Å². The van der Waals surface area contributed by atoms with Crippen LogP contribution in [0, 0.1) is 0 Å². The minimum atomic E-state index is -0.548. The van der Waals surface area contributed by atoms with Crippen LogP contribution >= 0.6 is 23.2 Å². The fraction of sp³-hybridized carbons (Fsp3) is 0.214. The summed E-state index contributed by atoms with van der Waals surface area (Å²) in [6.07, 6.45) is 2.34. The van der Waals surface area contributed by atoms with E-state index in [4.69, 9.17) is 27.9 Å². The summed E-state index contributed by atoms with van der Waals surface area (Å²) in [5, 5.41) is 8.16. The number of benzene rings is 3. The minimum Gasteiger partial charge on any atom is -0.383 e. The van der Waals surface area contributed by atoms with Crippen LogP contribution in [0.4, 0.5) is 0 Å². The number of aromatic nitrogens is 1. The number of fused-ring (bicyclic) bond motifs is 1. The van der Waals surface area contributed by atoms with Crippen molar-refractivity contribution >= 4 is 45.8 Å². The molecule has 1 aromatic heterocycles. The smallest absolute Gasteiger partial charge is 0.251 e. The summed E-state index contributed by atoms with van der Waals surface area (Å²) >= 11 is 12.3. The van der Waals surface area contributed by atoms with Gasteiger partial charge in [-0.3, -0.25) is 9.59 Å². The van der Waals surface area contributed by atoms with Crippen molar-refractivity contribution in [2.24, 2.45) is 0 Å². The molecule has 8 heteroatoms. The molecule has 1 unspecified atom stereocenters. The van der Waals surface area contributed by atoms with Crippen LogP contribution in [-0.4, -0.2) is 43.5 Å². The molecule has 4 aromatic rings. The molecule has 6 nitrogen and oxygen atoms in total. The normalized spacial score (nSPS) is 12.0. The minimum absolute atomic E-state index is 0.0630. The zero-order chi connectivity index (χ0) is 25.5. The molecule has 4 rings (SSSR count). The van der Waals surface area contributed by atoms with Crippen LogP contribution in [0.3, 0.4) is 0 Å². The van der Waals surface area contributed by atoms with Crippen LogP contribution in [0.5, 0.6) is 0 Å². The molecule has 1 heterocycles. The van der Waals surface area contributed by atoms with E-state index >= 15 is 0 Å². The molecular weight excluding hydrogens is 497 g/mol. The zero-order valence-electron chi connectivity index (χ0n) is 19.8. The van der Waals surface area contributed by atoms with Gasteiger partial charge in [-0.1, -0.05) is 65.7 Å². The highest BCUT2D eigenvalue weighted by atomic mass is 35.5. The fourth-order valence-electron chi connectivity index (χ4n) is 4.08. The van der Waals surface area contributed by atoms with Crippen LogP contribution < -0.4 is 10.6 Å². The summed E-state index contributed by atoms with van der Waals surface area (Å²) in [6.45, 7) is 1.40. The standard InChI is InChI=1S/C28H27Cl2N3O3/c1-36-14-13-32-28(35)20-8-10-22-23(17-33-25(22)15-20)27(34)26(19-5-3-2-4-6-19)31-12-11-18-7-9-21(29)16-24(18)30/h2-10,15-17,26,31,33H,11-14H2,1H3,(H,32,35).